The van der Waals surface area contributed by atoms with Gasteiger partial charge in [0, 0.05) is 44.7 Å². The first kappa shape index (κ1) is 22.9. The van der Waals surface area contributed by atoms with E-state index in [9.17, 15) is 4.79 Å². The zero-order chi connectivity index (χ0) is 20.4. The van der Waals surface area contributed by atoms with E-state index in [-0.39, 0.29) is 17.4 Å². The Morgan fingerprint density at radius 3 is 2.43 bits per heavy atom. The van der Waals surface area contributed by atoms with Crippen LogP contribution in [0.5, 0.6) is 0 Å². The molecule has 0 unspecified atom stereocenters. The molecule has 0 saturated carbocycles. The molecule has 0 aromatic rings. The third-order valence-corrected chi connectivity index (χ3v) is 5.96. The molecule has 0 spiro atoms. The highest BCUT2D eigenvalue weighted by molar-refractivity contribution is 5.79. The van der Waals surface area contributed by atoms with Crippen LogP contribution in [0.25, 0.3) is 0 Å². The van der Waals surface area contributed by atoms with Gasteiger partial charge < -0.3 is 26.0 Å². The Balaban J connectivity index is 1.56. The van der Waals surface area contributed by atoms with Gasteiger partial charge in [-0.25, -0.2) is 0 Å². The zero-order valence-electron chi connectivity index (χ0n) is 18.0. The minimum atomic E-state index is -0.139. The maximum Gasteiger partial charge on any atom is 0.220 e. The first-order chi connectivity index (χ1) is 13.4. The minimum Gasteiger partial charge on any atom is -0.379 e. The summed E-state index contributed by atoms with van der Waals surface area (Å²) in [4.78, 5) is 20.5. The molecule has 2 rings (SSSR count). The van der Waals surface area contributed by atoms with Crippen LogP contribution in [0.4, 0.5) is 0 Å². The lowest BCUT2D eigenvalue weighted by Crippen LogP contribution is -2.56. The molecule has 2 heterocycles. The lowest BCUT2D eigenvalue weighted by Gasteiger charge is -2.41. The monoisotopic (exact) mass is 396 g/mol. The topological polar surface area (TPSA) is 95.2 Å². The van der Waals surface area contributed by atoms with Gasteiger partial charge in [0.25, 0.3) is 0 Å². The maximum absolute atomic E-state index is 11.2. The molecule has 0 aromatic carbocycles. The summed E-state index contributed by atoms with van der Waals surface area (Å²) in [7, 11) is 1.82. The summed E-state index contributed by atoms with van der Waals surface area (Å²) >= 11 is 0. The predicted octanol–water partition coefficient (Wildman–Crippen LogP) is 0.240. The number of nitrogens with zero attached hydrogens (tertiary/aromatic N) is 3. The van der Waals surface area contributed by atoms with Gasteiger partial charge in [-0.05, 0) is 59.2 Å². The molecule has 2 aliphatic rings. The van der Waals surface area contributed by atoms with Crippen LogP contribution >= 0.6 is 0 Å². The predicted molar refractivity (Wildman–Crippen MR) is 113 cm³/mol. The second-order valence-electron chi connectivity index (χ2n) is 8.49. The highest BCUT2D eigenvalue weighted by Crippen LogP contribution is 2.17. The Labute approximate surface area is 170 Å². The van der Waals surface area contributed by atoms with Crippen molar-refractivity contribution in [3.8, 4) is 0 Å². The second kappa shape index (κ2) is 11.6. The highest BCUT2D eigenvalue weighted by atomic mass is 16.5. The number of guanidine groups is 1. The van der Waals surface area contributed by atoms with Crippen LogP contribution in [0.15, 0.2) is 4.99 Å². The van der Waals surface area contributed by atoms with Crippen molar-refractivity contribution >= 4 is 11.9 Å². The Hall–Kier alpha value is -1.38. The number of carbonyl (C=O) groups is 1. The normalized spacial score (nSPS) is 20.9. The van der Waals surface area contributed by atoms with Gasteiger partial charge in [-0.1, -0.05) is 0 Å². The number of amides is 1. The van der Waals surface area contributed by atoms with E-state index in [1.807, 2.05) is 7.05 Å². The van der Waals surface area contributed by atoms with Crippen LogP contribution < -0.4 is 16.4 Å². The summed E-state index contributed by atoms with van der Waals surface area (Å²) in [5.74, 6) is 0.803. The maximum atomic E-state index is 11.2. The molecule has 28 heavy (non-hydrogen) atoms. The van der Waals surface area contributed by atoms with E-state index in [2.05, 4.69) is 39.3 Å². The van der Waals surface area contributed by atoms with Crippen LogP contribution in [0, 0.1) is 5.92 Å². The van der Waals surface area contributed by atoms with Crippen molar-refractivity contribution in [1.82, 2.24) is 20.4 Å². The molecule has 0 atom stereocenters. The number of primary amides is 1. The quantitative estimate of drug-likeness (QED) is 0.294. The number of nitrogens with one attached hydrogen (secondary N) is 2. The molecule has 0 bridgehead atoms. The van der Waals surface area contributed by atoms with E-state index >= 15 is 0 Å². The lowest BCUT2D eigenvalue weighted by molar-refractivity contribution is -0.123. The van der Waals surface area contributed by atoms with E-state index < -0.39 is 0 Å². The number of carbonyl (C=O) groups excluding carboxylic acids is 1. The van der Waals surface area contributed by atoms with E-state index in [1.54, 1.807) is 0 Å². The van der Waals surface area contributed by atoms with Crippen molar-refractivity contribution in [2.75, 3.05) is 66.1 Å². The van der Waals surface area contributed by atoms with Gasteiger partial charge in [0.15, 0.2) is 5.96 Å². The smallest absolute Gasteiger partial charge is 0.220 e. The van der Waals surface area contributed by atoms with E-state index in [0.29, 0.717) is 0 Å². The first-order valence-electron chi connectivity index (χ1n) is 10.7. The molecule has 0 aromatic heterocycles. The average Bonchev–Trinajstić information content (AvgIpc) is 2.71. The zero-order valence-corrected chi connectivity index (χ0v) is 18.0. The number of likely N-dealkylation sites (tertiary alicyclic amines) is 1. The molecule has 0 aliphatic carbocycles. The number of morpholine rings is 1. The van der Waals surface area contributed by atoms with Crippen LogP contribution in [0.1, 0.15) is 39.5 Å². The molecule has 162 valence electrons. The summed E-state index contributed by atoms with van der Waals surface area (Å²) in [6.07, 6.45) is 4.06. The van der Waals surface area contributed by atoms with Crippen molar-refractivity contribution in [2.45, 2.75) is 45.1 Å². The number of piperidine rings is 1. The average molecular weight is 397 g/mol. The number of nitrogens with two attached hydrogens (primary N) is 1. The van der Waals surface area contributed by atoms with Crippen LogP contribution in [-0.2, 0) is 9.53 Å². The Morgan fingerprint density at radius 2 is 1.82 bits per heavy atom. The van der Waals surface area contributed by atoms with E-state index in [4.69, 9.17) is 10.5 Å². The molecule has 8 heteroatoms. The van der Waals surface area contributed by atoms with Gasteiger partial charge in [-0.15, -0.1) is 0 Å². The fourth-order valence-electron chi connectivity index (χ4n) is 3.91. The van der Waals surface area contributed by atoms with Crippen molar-refractivity contribution in [1.29, 1.82) is 0 Å². The summed E-state index contributed by atoms with van der Waals surface area (Å²) < 4.78 is 5.46. The van der Waals surface area contributed by atoms with Gasteiger partial charge in [0.1, 0.15) is 0 Å². The molecule has 2 saturated heterocycles. The van der Waals surface area contributed by atoms with Gasteiger partial charge in [-0.2, -0.15) is 0 Å². The fraction of sp³-hybridized carbons (Fsp3) is 0.900. The molecule has 4 N–H and O–H groups in total. The van der Waals surface area contributed by atoms with Crippen molar-refractivity contribution in [3.63, 3.8) is 0 Å². The number of hydrogen-bond donors (Lipinski definition) is 3. The summed E-state index contributed by atoms with van der Waals surface area (Å²) in [5, 5.41) is 6.89. The van der Waals surface area contributed by atoms with Crippen molar-refractivity contribution in [3.05, 3.63) is 0 Å². The number of unbranched alkanes of at least 4 members (excludes halogenated alkanes) is 1. The molecular formula is C20H40N6O2. The van der Waals surface area contributed by atoms with Gasteiger partial charge >= 0.3 is 0 Å². The highest BCUT2D eigenvalue weighted by Gasteiger charge is 2.28. The summed E-state index contributed by atoms with van der Waals surface area (Å²) in [6.45, 7) is 12.9. The Bertz CT molecular complexity index is 497. The summed E-state index contributed by atoms with van der Waals surface area (Å²) in [6, 6.07) is 0. The molecular weight excluding hydrogens is 356 g/mol. The fourth-order valence-corrected chi connectivity index (χ4v) is 3.91. The Kier molecular flexibility index (Phi) is 9.47. The molecule has 0 radical (unpaired) electrons. The second-order valence-corrected chi connectivity index (χ2v) is 8.49. The van der Waals surface area contributed by atoms with E-state index in [0.717, 1.165) is 90.7 Å². The van der Waals surface area contributed by atoms with Gasteiger partial charge in [-0.3, -0.25) is 14.7 Å². The SMILES string of the molecule is CN=C(NCCCCN1CCC(C(N)=O)CC1)NCC(C)(C)N1CCOCC1. The third kappa shape index (κ3) is 7.56. The first-order valence-corrected chi connectivity index (χ1v) is 10.7. The largest absolute Gasteiger partial charge is 0.379 e. The molecule has 8 nitrogen and oxygen atoms in total. The molecule has 2 fully saturated rings. The lowest BCUT2D eigenvalue weighted by atomic mass is 9.96. The van der Waals surface area contributed by atoms with Crippen LogP contribution in [0.3, 0.4) is 0 Å². The van der Waals surface area contributed by atoms with Crippen molar-refractivity contribution in [2.24, 2.45) is 16.6 Å². The van der Waals surface area contributed by atoms with Gasteiger partial charge in [0.2, 0.25) is 5.91 Å². The summed E-state index contributed by atoms with van der Waals surface area (Å²) in [5.41, 5.74) is 5.46. The standard InChI is InChI=1S/C20H40N6O2/c1-20(2,26-12-14-28-15-13-26)16-24-19(22-3)23-8-4-5-9-25-10-6-17(7-11-25)18(21)27/h17H,4-16H2,1-3H3,(H2,21,27)(H2,22,23,24). The number of aliphatic imine (C=N–C) groups is 1. The molecule has 2 aliphatic heterocycles. The third-order valence-electron chi connectivity index (χ3n) is 5.96. The van der Waals surface area contributed by atoms with Crippen molar-refractivity contribution < 1.29 is 9.53 Å². The van der Waals surface area contributed by atoms with Crippen LogP contribution in [0.2, 0.25) is 0 Å². The number of rotatable bonds is 9. The Morgan fingerprint density at radius 1 is 1.14 bits per heavy atom. The van der Waals surface area contributed by atoms with E-state index in [1.165, 1.54) is 0 Å². The minimum absolute atomic E-state index is 0.0679. The molecule has 1 amide bonds. The van der Waals surface area contributed by atoms with Gasteiger partial charge in [0.05, 0.1) is 13.2 Å². The number of ether oxygens (including phenoxy) is 1. The number of hydrogen-bond acceptors (Lipinski definition) is 5. The van der Waals surface area contributed by atoms with Crippen LogP contribution in [-0.4, -0.2) is 93.3 Å².